The van der Waals surface area contributed by atoms with E-state index in [2.05, 4.69) is 30.9 Å². The summed E-state index contributed by atoms with van der Waals surface area (Å²) in [6, 6.07) is 8.58. The van der Waals surface area contributed by atoms with E-state index in [9.17, 15) is 18.0 Å². The normalized spacial score (nSPS) is 17.9. The van der Waals surface area contributed by atoms with E-state index < -0.39 is 12.1 Å². The van der Waals surface area contributed by atoms with Crippen LogP contribution in [0.15, 0.2) is 35.3 Å². The molecule has 13 heteroatoms. The van der Waals surface area contributed by atoms with E-state index in [1.165, 1.54) is 19.4 Å². The first-order valence-corrected chi connectivity index (χ1v) is 12.2. The second kappa shape index (κ2) is 9.71. The van der Waals surface area contributed by atoms with Crippen LogP contribution in [0.2, 0.25) is 0 Å². The van der Waals surface area contributed by atoms with Crippen molar-refractivity contribution in [3.05, 3.63) is 52.2 Å². The van der Waals surface area contributed by atoms with Gasteiger partial charge in [0.25, 0.3) is 5.56 Å². The largest absolute Gasteiger partial charge is 0.490 e. The zero-order valence-electron chi connectivity index (χ0n) is 20.8. The number of hydrogen-bond donors (Lipinski definition) is 2. The summed E-state index contributed by atoms with van der Waals surface area (Å²) in [4.78, 5) is 39.0. The van der Waals surface area contributed by atoms with Crippen molar-refractivity contribution in [1.82, 2.24) is 29.5 Å². The third kappa shape index (κ3) is 5.05. The second-order valence-electron chi connectivity index (χ2n) is 9.52. The molecule has 0 radical (unpaired) electrons. The van der Waals surface area contributed by atoms with Crippen molar-refractivity contribution in [3.8, 4) is 11.5 Å². The maximum absolute atomic E-state index is 13.0. The van der Waals surface area contributed by atoms with Gasteiger partial charge < -0.3 is 15.0 Å². The number of piperazine rings is 1. The Morgan fingerprint density at radius 1 is 1.13 bits per heavy atom. The van der Waals surface area contributed by atoms with Crippen LogP contribution in [0.1, 0.15) is 24.2 Å². The minimum atomic E-state index is -5.08. The summed E-state index contributed by atoms with van der Waals surface area (Å²) in [5, 5.41) is 12.3. The highest BCUT2D eigenvalue weighted by atomic mass is 19.4. The SMILES string of the molecule is Cc1cn2nc(-c3nc4ccc(N5CCN6CCC[C@H]6C5)cc4c(=O)[nH]3)cc2c(C)n1.O=C(O)C(F)(F)F. The Bertz CT molecular complexity index is 1580. The Balaban J connectivity index is 0.000000374. The molecule has 4 aromatic rings. The first-order valence-electron chi connectivity index (χ1n) is 12.2. The molecule has 0 aliphatic carbocycles. The molecular formula is C25H26F3N7O3. The van der Waals surface area contributed by atoms with Gasteiger partial charge >= 0.3 is 12.1 Å². The Labute approximate surface area is 214 Å². The Morgan fingerprint density at radius 2 is 1.89 bits per heavy atom. The molecule has 2 aliphatic rings. The van der Waals surface area contributed by atoms with E-state index in [0.29, 0.717) is 28.5 Å². The van der Waals surface area contributed by atoms with Gasteiger partial charge in [0.05, 0.1) is 34.0 Å². The van der Waals surface area contributed by atoms with Crippen molar-refractivity contribution >= 4 is 28.1 Å². The number of H-pyrrole nitrogens is 1. The summed E-state index contributed by atoms with van der Waals surface area (Å²) in [7, 11) is 0. The maximum atomic E-state index is 13.0. The van der Waals surface area contributed by atoms with E-state index in [1.54, 1.807) is 4.52 Å². The molecule has 0 saturated carbocycles. The summed E-state index contributed by atoms with van der Waals surface area (Å²) in [5.74, 6) is -2.28. The molecule has 2 aliphatic heterocycles. The van der Waals surface area contributed by atoms with E-state index in [-0.39, 0.29) is 5.56 Å². The van der Waals surface area contributed by atoms with Crippen LogP contribution in [0, 0.1) is 13.8 Å². The molecule has 6 rings (SSSR count). The molecule has 0 amide bonds. The minimum absolute atomic E-state index is 0.135. The number of aromatic amines is 1. The first kappa shape index (κ1) is 25.6. The lowest BCUT2D eigenvalue weighted by Gasteiger charge is -2.38. The summed E-state index contributed by atoms with van der Waals surface area (Å²) < 4.78 is 33.5. The quantitative estimate of drug-likeness (QED) is 0.407. The number of nitrogens with zero attached hydrogens (tertiary/aromatic N) is 6. The fourth-order valence-electron chi connectivity index (χ4n) is 5.08. The van der Waals surface area contributed by atoms with Gasteiger partial charge in [0.2, 0.25) is 0 Å². The number of aromatic nitrogens is 5. The summed E-state index contributed by atoms with van der Waals surface area (Å²) in [6.07, 6.45) is -0.648. The van der Waals surface area contributed by atoms with E-state index in [0.717, 1.165) is 42.2 Å². The highest BCUT2D eigenvalue weighted by Gasteiger charge is 2.38. The van der Waals surface area contributed by atoms with Gasteiger partial charge in [0, 0.05) is 31.4 Å². The first-order chi connectivity index (χ1) is 18.0. The summed E-state index contributed by atoms with van der Waals surface area (Å²) in [5.41, 5.74) is 4.98. The van der Waals surface area contributed by atoms with Gasteiger partial charge in [0.1, 0.15) is 5.69 Å². The molecule has 1 aromatic carbocycles. The van der Waals surface area contributed by atoms with E-state index in [4.69, 9.17) is 14.9 Å². The molecular weight excluding hydrogens is 503 g/mol. The number of hydrogen-bond acceptors (Lipinski definition) is 7. The molecule has 2 fully saturated rings. The van der Waals surface area contributed by atoms with Crippen molar-refractivity contribution in [3.63, 3.8) is 0 Å². The van der Waals surface area contributed by atoms with Gasteiger partial charge in [-0.2, -0.15) is 18.3 Å². The molecule has 0 spiro atoms. The van der Waals surface area contributed by atoms with Gasteiger partial charge in [-0.05, 0) is 57.5 Å². The number of fused-ring (bicyclic) bond motifs is 3. The van der Waals surface area contributed by atoms with Gasteiger partial charge in [0.15, 0.2) is 5.82 Å². The average Bonchev–Trinajstić information content (AvgIpc) is 3.50. The number of carboxylic acid groups (broad SMARTS) is 1. The summed E-state index contributed by atoms with van der Waals surface area (Å²) >= 11 is 0. The number of carbonyl (C=O) groups is 1. The Kier molecular flexibility index (Phi) is 6.55. The van der Waals surface area contributed by atoms with E-state index in [1.807, 2.05) is 38.2 Å². The van der Waals surface area contributed by atoms with Gasteiger partial charge in [-0.1, -0.05) is 0 Å². The Hall–Kier alpha value is -4.00. The monoisotopic (exact) mass is 529 g/mol. The second-order valence-corrected chi connectivity index (χ2v) is 9.52. The van der Waals surface area contributed by atoms with Crippen LogP contribution < -0.4 is 10.5 Å². The molecule has 1 atom stereocenters. The molecule has 2 saturated heterocycles. The number of anilines is 1. The van der Waals surface area contributed by atoms with Gasteiger partial charge in [-0.3, -0.25) is 14.7 Å². The minimum Gasteiger partial charge on any atom is -0.475 e. The highest BCUT2D eigenvalue weighted by molar-refractivity contribution is 5.83. The fourth-order valence-corrected chi connectivity index (χ4v) is 5.08. The Morgan fingerprint density at radius 3 is 2.63 bits per heavy atom. The molecule has 5 heterocycles. The van der Waals surface area contributed by atoms with Crippen LogP contribution in [0.25, 0.3) is 27.9 Å². The molecule has 2 N–H and O–H groups in total. The molecule has 3 aromatic heterocycles. The van der Waals surface area contributed by atoms with Crippen LogP contribution >= 0.6 is 0 Å². The topological polar surface area (TPSA) is 120 Å². The van der Waals surface area contributed by atoms with Crippen LogP contribution in [-0.4, -0.2) is 78.9 Å². The van der Waals surface area contributed by atoms with E-state index >= 15 is 0 Å². The van der Waals surface area contributed by atoms with Crippen molar-refractivity contribution < 1.29 is 23.1 Å². The number of aliphatic carboxylic acids is 1. The molecule has 0 unspecified atom stereocenters. The van der Waals surface area contributed by atoms with Crippen molar-refractivity contribution in [1.29, 1.82) is 0 Å². The molecule has 10 nitrogen and oxygen atoms in total. The smallest absolute Gasteiger partial charge is 0.475 e. The third-order valence-electron chi connectivity index (χ3n) is 6.89. The third-order valence-corrected chi connectivity index (χ3v) is 6.89. The molecule has 200 valence electrons. The predicted molar refractivity (Wildman–Crippen MR) is 134 cm³/mol. The lowest BCUT2D eigenvalue weighted by atomic mass is 10.1. The van der Waals surface area contributed by atoms with Crippen molar-refractivity contribution in [2.45, 2.75) is 38.9 Å². The lowest BCUT2D eigenvalue weighted by molar-refractivity contribution is -0.192. The number of aryl methyl sites for hydroxylation is 2. The number of benzene rings is 1. The van der Waals surface area contributed by atoms with Gasteiger partial charge in [-0.15, -0.1) is 0 Å². The average molecular weight is 530 g/mol. The standard InChI is InChI=1S/C23H25N7O.C2HF3O2/c1-14-12-30-21(15(2)24-14)11-20(27-30)22-25-19-6-5-16(10-18(19)23(31)26-22)29-9-8-28-7-3-4-17(28)13-29;3-2(4,5)1(6)7/h5-6,10-12,17H,3-4,7-9,13H2,1-2H3,(H,25,26,31);(H,6,7)/t17-;/m0./s1. The van der Waals surface area contributed by atoms with Crippen LogP contribution in [0.5, 0.6) is 0 Å². The predicted octanol–water partition coefficient (Wildman–Crippen LogP) is 3.17. The van der Waals surface area contributed by atoms with Crippen LogP contribution in [0.4, 0.5) is 18.9 Å². The number of nitrogens with one attached hydrogen (secondary N) is 1. The van der Waals surface area contributed by atoms with Crippen LogP contribution in [0.3, 0.4) is 0 Å². The number of rotatable bonds is 2. The number of alkyl halides is 3. The maximum Gasteiger partial charge on any atom is 0.490 e. The van der Waals surface area contributed by atoms with Crippen LogP contribution in [-0.2, 0) is 4.79 Å². The number of carboxylic acids is 1. The van der Waals surface area contributed by atoms with Crippen molar-refractivity contribution in [2.75, 3.05) is 31.1 Å². The number of halogens is 3. The molecule has 0 bridgehead atoms. The molecule has 38 heavy (non-hydrogen) atoms. The zero-order chi connectivity index (χ0) is 27.2. The fraction of sp³-hybridized carbons (Fsp3) is 0.400. The lowest BCUT2D eigenvalue weighted by Crippen LogP contribution is -2.50. The highest BCUT2D eigenvalue weighted by Crippen LogP contribution is 2.27. The zero-order valence-corrected chi connectivity index (χ0v) is 20.8. The van der Waals surface area contributed by atoms with Gasteiger partial charge in [-0.25, -0.2) is 14.3 Å². The summed E-state index contributed by atoms with van der Waals surface area (Å²) in [6.45, 7) is 8.24. The van der Waals surface area contributed by atoms with Crippen molar-refractivity contribution in [2.24, 2.45) is 0 Å².